The molecular weight excluding hydrogens is 222 g/mol. The van der Waals surface area contributed by atoms with E-state index >= 15 is 0 Å². The van der Waals surface area contributed by atoms with Gasteiger partial charge in [-0.1, -0.05) is 23.7 Å². The third-order valence-electron chi connectivity index (χ3n) is 1.99. The smallest absolute Gasteiger partial charge is 0.128 e. The Hall–Kier alpha value is -1.98. The number of benzene rings is 2. The van der Waals surface area contributed by atoms with Gasteiger partial charge in [-0.2, -0.15) is 5.26 Å². The highest BCUT2D eigenvalue weighted by Crippen LogP contribution is 2.24. The lowest BCUT2D eigenvalue weighted by molar-refractivity contribution is 0.482. The van der Waals surface area contributed by atoms with Crippen LogP contribution in [0.5, 0.6) is 11.5 Å². The van der Waals surface area contributed by atoms with E-state index in [-0.39, 0.29) is 0 Å². The van der Waals surface area contributed by atoms with Crippen LogP contribution in [0.2, 0.25) is 5.02 Å². The summed E-state index contributed by atoms with van der Waals surface area (Å²) < 4.78 is 5.57. The molecule has 0 saturated heterocycles. The van der Waals surface area contributed by atoms with Gasteiger partial charge < -0.3 is 4.74 Å². The van der Waals surface area contributed by atoms with Crippen molar-refractivity contribution >= 4 is 11.6 Å². The van der Waals surface area contributed by atoms with Crippen LogP contribution in [0.3, 0.4) is 0 Å². The predicted octanol–water partition coefficient (Wildman–Crippen LogP) is 4.00. The monoisotopic (exact) mass is 229 g/mol. The Balaban J connectivity index is 2.24. The van der Waals surface area contributed by atoms with Gasteiger partial charge in [0.1, 0.15) is 11.5 Å². The summed E-state index contributed by atoms with van der Waals surface area (Å²) in [6.07, 6.45) is 0. The molecule has 78 valence electrons. The summed E-state index contributed by atoms with van der Waals surface area (Å²) in [5.41, 5.74) is 0.569. The molecule has 0 aliphatic carbocycles. The zero-order valence-corrected chi connectivity index (χ0v) is 9.11. The molecule has 3 heteroatoms. The number of rotatable bonds is 2. The van der Waals surface area contributed by atoms with Crippen molar-refractivity contribution in [2.24, 2.45) is 0 Å². The molecule has 16 heavy (non-hydrogen) atoms. The summed E-state index contributed by atoms with van der Waals surface area (Å²) in [6, 6.07) is 16.2. The Morgan fingerprint density at radius 1 is 1.00 bits per heavy atom. The Labute approximate surface area is 98.7 Å². The van der Waals surface area contributed by atoms with Crippen LogP contribution < -0.4 is 4.74 Å². The number of hydrogen-bond acceptors (Lipinski definition) is 2. The first-order valence-corrected chi connectivity index (χ1v) is 5.09. The van der Waals surface area contributed by atoms with Crippen LogP contribution in [0.25, 0.3) is 0 Å². The molecule has 0 heterocycles. The second kappa shape index (κ2) is 4.69. The maximum absolute atomic E-state index is 8.75. The van der Waals surface area contributed by atoms with E-state index in [1.165, 1.54) is 0 Å². The van der Waals surface area contributed by atoms with Gasteiger partial charge in [-0.05, 0) is 36.4 Å². The largest absolute Gasteiger partial charge is 0.457 e. The third kappa shape index (κ3) is 2.53. The van der Waals surface area contributed by atoms with Gasteiger partial charge in [-0.25, -0.2) is 0 Å². The third-order valence-corrected chi connectivity index (χ3v) is 2.23. The van der Waals surface area contributed by atoms with Gasteiger partial charge in [0, 0.05) is 5.02 Å². The lowest BCUT2D eigenvalue weighted by atomic mass is 10.2. The van der Waals surface area contributed by atoms with E-state index in [1.807, 2.05) is 12.1 Å². The summed E-state index contributed by atoms with van der Waals surface area (Å²) in [4.78, 5) is 0. The highest BCUT2D eigenvalue weighted by Gasteiger charge is 1.99. The molecular formula is C13H8ClNO. The van der Waals surface area contributed by atoms with Crippen molar-refractivity contribution in [1.82, 2.24) is 0 Å². The molecule has 0 spiro atoms. The molecule has 0 fully saturated rings. The van der Waals surface area contributed by atoms with Crippen molar-refractivity contribution in [2.45, 2.75) is 0 Å². The molecule has 0 saturated carbocycles. The molecule has 2 aromatic carbocycles. The Bertz CT molecular complexity index is 546. The molecule has 2 nitrogen and oxygen atoms in total. The highest BCUT2D eigenvalue weighted by molar-refractivity contribution is 6.30. The van der Waals surface area contributed by atoms with Crippen LogP contribution in [0, 0.1) is 11.3 Å². The maximum Gasteiger partial charge on any atom is 0.128 e. The lowest BCUT2D eigenvalue weighted by Gasteiger charge is -2.05. The first kappa shape index (κ1) is 10.5. The normalized spacial score (nSPS) is 9.50. The van der Waals surface area contributed by atoms with Gasteiger partial charge >= 0.3 is 0 Å². The minimum atomic E-state index is 0.569. The van der Waals surface area contributed by atoms with E-state index in [2.05, 4.69) is 6.07 Å². The van der Waals surface area contributed by atoms with Gasteiger partial charge in [0.05, 0.1) is 11.6 Å². The molecule has 0 aromatic heterocycles. The zero-order valence-electron chi connectivity index (χ0n) is 8.35. The maximum atomic E-state index is 8.75. The second-order valence-electron chi connectivity index (χ2n) is 3.20. The summed E-state index contributed by atoms with van der Waals surface area (Å²) in [5, 5.41) is 9.36. The van der Waals surface area contributed by atoms with Gasteiger partial charge in [0.2, 0.25) is 0 Å². The quantitative estimate of drug-likeness (QED) is 0.780. The van der Waals surface area contributed by atoms with Crippen LogP contribution in [-0.4, -0.2) is 0 Å². The zero-order chi connectivity index (χ0) is 11.4. The van der Waals surface area contributed by atoms with E-state index in [0.29, 0.717) is 22.1 Å². The Kier molecular flexibility index (Phi) is 3.09. The Morgan fingerprint density at radius 2 is 1.69 bits per heavy atom. The number of nitrogens with zero attached hydrogens (tertiary/aromatic N) is 1. The molecule has 0 aliphatic rings. The standard InChI is InChI=1S/C13H8ClNO/c14-11-4-2-6-13(8-11)16-12-5-1-3-10(7-12)9-15/h1-8H. The molecule has 0 N–H and O–H groups in total. The minimum Gasteiger partial charge on any atom is -0.457 e. The van der Waals surface area contributed by atoms with Gasteiger partial charge in [0.15, 0.2) is 0 Å². The summed E-state index contributed by atoms with van der Waals surface area (Å²) >= 11 is 5.84. The van der Waals surface area contributed by atoms with Crippen LogP contribution in [0.4, 0.5) is 0 Å². The van der Waals surface area contributed by atoms with Crippen LogP contribution >= 0.6 is 11.6 Å². The van der Waals surface area contributed by atoms with E-state index in [4.69, 9.17) is 21.6 Å². The van der Waals surface area contributed by atoms with Crippen LogP contribution in [0.1, 0.15) is 5.56 Å². The fourth-order valence-corrected chi connectivity index (χ4v) is 1.48. The van der Waals surface area contributed by atoms with Crippen LogP contribution in [0.15, 0.2) is 48.5 Å². The minimum absolute atomic E-state index is 0.569. The molecule has 2 rings (SSSR count). The topological polar surface area (TPSA) is 33.0 Å². The number of halogens is 1. The first-order valence-electron chi connectivity index (χ1n) is 4.71. The summed E-state index contributed by atoms with van der Waals surface area (Å²) in [5.74, 6) is 1.28. The SMILES string of the molecule is N#Cc1cccc(Oc2cccc(Cl)c2)c1. The number of ether oxygens (including phenoxy) is 1. The number of hydrogen-bond donors (Lipinski definition) is 0. The highest BCUT2D eigenvalue weighted by atomic mass is 35.5. The van der Waals surface area contributed by atoms with Crippen molar-refractivity contribution in [1.29, 1.82) is 5.26 Å². The fourth-order valence-electron chi connectivity index (χ4n) is 1.30. The summed E-state index contributed by atoms with van der Waals surface area (Å²) in [7, 11) is 0. The molecule has 0 atom stereocenters. The molecule has 0 unspecified atom stereocenters. The predicted molar refractivity (Wildman–Crippen MR) is 62.7 cm³/mol. The Morgan fingerprint density at radius 3 is 2.38 bits per heavy atom. The van der Waals surface area contributed by atoms with Crippen molar-refractivity contribution in [2.75, 3.05) is 0 Å². The second-order valence-corrected chi connectivity index (χ2v) is 3.64. The first-order chi connectivity index (χ1) is 7.78. The van der Waals surface area contributed by atoms with Gasteiger partial charge in [-0.3, -0.25) is 0 Å². The van der Waals surface area contributed by atoms with E-state index in [9.17, 15) is 0 Å². The average molecular weight is 230 g/mol. The average Bonchev–Trinajstić information content (AvgIpc) is 2.29. The van der Waals surface area contributed by atoms with Crippen molar-refractivity contribution < 1.29 is 4.74 Å². The molecule has 0 amide bonds. The van der Waals surface area contributed by atoms with Crippen molar-refractivity contribution in [3.8, 4) is 17.6 Å². The van der Waals surface area contributed by atoms with Gasteiger partial charge in [-0.15, -0.1) is 0 Å². The molecule has 0 aliphatic heterocycles. The van der Waals surface area contributed by atoms with E-state index in [0.717, 1.165) is 0 Å². The summed E-state index contributed by atoms with van der Waals surface area (Å²) in [6.45, 7) is 0. The van der Waals surface area contributed by atoms with E-state index in [1.54, 1.807) is 36.4 Å². The van der Waals surface area contributed by atoms with Crippen molar-refractivity contribution in [3.05, 3.63) is 59.1 Å². The molecule has 0 bridgehead atoms. The van der Waals surface area contributed by atoms with Crippen molar-refractivity contribution in [3.63, 3.8) is 0 Å². The fraction of sp³-hybridized carbons (Fsp3) is 0. The number of nitriles is 1. The van der Waals surface area contributed by atoms with Crippen LogP contribution in [-0.2, 0) is 0 Å². The van der Waals surface area contributed by atoms with Gasteiger partial charge in [0.25, 0.3) is 0 Å². The molecule has 0 radical (unpaired) electrons. The van der Waals surface area contributed by atoms with E-state index < -0.39 is 0 Å². The molecule has 2 aromatic rings. The lowest BCUT2D eigenvalue weighted by Crippen LogP contribution is -1.84.